The Bertz CT molecular complexity index is 445. The number of hydrogen-bond donors (Lipinski definition) is 0. The van der Waals surface area contributed by atoms with Crippen LogP contribution in [0.5, 0.6) is 5.88 Å². The molecule has 0 aliphatic rings. The Kier molecular flexibility index (Phi) is 2.02. The number of rotatable bonds is 1. The molecule has 66 valence electrons. The van der Waals surface area contributed by atoms with Crippen LogP contribution in [-0.4, -0.2) is 17.1 Å². The van der Waals surface area contributed by atoms with Crippen molar-refractivity contribution in [1.29, 1.82) is 0 Å². The number of halogens is 1. The number of methoxy groups -OCH3 is 1. The Morgan fingerprint density at radius 2 is 2.23 bits per heavy atom. The monoisotopic (exact) mass is 194 g/mol. The van der Waals surface area contributed by atoms with E-state index in [9.17, 15) is 0 Å². The maximum Gasteiger partial charge on any atom is 0.213 e. The van der Waals surface area contributed by atoms with Crippen LogP contribution in [-0.2, 0) is 0 Å². The van der Waals surface area contributed by atoms with Gasteiger partial charge in [-0.3, -0.25) is 0 Å². The second kappa shape index (κ2) is 3.18. The van der Waals surface area contributed by atoms with E-state index in [1.165, 1.54) is 0 Å². The first-order valence-corrected chi connectivity index (χ1v) is 4.14. The van der Waals surface area contributed by atoms with Gasteiger partial charge in [0, 0.05) is 11.5 Å². The van der Waals surface area contributed by atoms with Crippen LogP contribution < -0.4 is 4.74 Å². The van der Waals surface area contributed by atoms with Crippen LogP contribution in [0.2, 0.25) is 5.15 Å². The molecule has 0 aromatic carbocycles. The predicted molar refractivity (Wildman–Crippen MR) is 51.1 cm³/mol. The third-order valence-electron chi connectivity index (χ3n) is 1.73. The van der Waals surface area contributed by atoms with Crippen LogP contribution in [0.1, 0.15) is 0 Å². The summed E-state index contributed by atoms with van der Waals surface area (Å²) in [5.74, 6) is 0.580. The van der Waals surface area contributed by atoms with E-state index in [2.05, 4.69) is 9.97 Å². The van der Waals surface area contributed by atoms with Gasteiger partial charge in [0.2, 0.25) is 5.88 Å². The molecule has 2 aromatic rings. The zero-order valence-corrected chi connectivity index (χ0v) is 7.75. The minimum absolute atomic E-state index is 0.472. The topological polar surface area (TPSA) is 35.0 Å². The molecule has 0 radical (unpaired) electrons. The zero-order valence-electron chi connectivity index (χ0n) is 6.99. The van der Waals surface area contributed by atoms with E-state index in [0.29, 0.717) is 11.0 Å². The molecule has 0 saturated carbocycles. The summed E-state index contributed by atoms with van der Waals surface area (Å²) >= 11 is 5.72. The molecule has 0 spiro atoms. The standard InChI is InChI=1S/C9H7ClN2O/c1-13-9-4-6-2-3-8(10)12-7(6)5-11-9/h2-5H,1H3. The Morgan fingerprint density at radius 3 is 3.00 bits per heavy atom. The van der Waals surface area contributed by atoms with Crippen molar-refractivity contribution in [3.63, 3.8) is 0 Å². The van der Waals surface area contributed by atoms with Crippen molar-refractivity contribution in [3.05, 3.63) is 29.5 Å². The van der Waals surface area contributed by atoms with Gasteiger partial charge in [-0.2, -0.15) is 0 Å². The second-order valence-electron chi connectivity index (χ2n) is 2.55. The molecule has 0 atom stereocenters. The van der Waals surface area contributed by atoms with Crippen LogP contribution in [0.25, 0.3) is 10.9 Å². The molecule has 2 rings (SSSR count). The number of pyridine rings is 2. The van der Waals surface area contributed by atoms with Gasteiger partial charge in [-0.15, -0.1) is 0 Å². The van der Waals surface area contributed by atoms with E-state index in [-0.39, 0.29) is 0 Å². The Morgan fingerprint density at radius 1 is 1.38 bits per heavy atom. The molecule has 13 heavy (non-hydrogen) atoms. The van der Waals surface area contributed by atoms with Gasteiger partial charge in [0.1, 0.15) is 5.15 Å². The quantitative estimate of drug-likeness (QED) is 0.654. The van der Waals surface area contributed by atoms with E-state index in [1.807, 2.05) is 12.1 Å². The number of nitrogens with zero attached hydrogens (tertiary/aromatic N) is 2. The highest BCUT2D eigenvalue weighted by Crippen LogP contribution is 2.17. The number of fused-ring (bicyclic) bond motifs is 1. The van der Waals surface area contributed by atoms with Crippen molar-refractivity contribution in [1.82, 2.24) is 9.97 Å². The summed E-state index contributed by atoms with van der Waals surface area (Å²) in [4.78, 5) is 8.12. The minimum Gasteiger partial charge on any atom is -0.481 e. The lowest BCUT2D eigenvalue weighted by atomic mass is 10.3. The molecule has 0 aliphatic heterocycles. The molecule has 0 amide bonds. The van der Waals surface area contributed by atoms with Crippen LogP contribution >= 0.6 is 11.6 Å². The molecular formula is C9H7ClN2O. The largest absolute Gasteiger partial charge is 0.481 e. The molecule has 0 N–H and O–H groups in total. The van der Waals surface area contributed by atoms with Crippen LogP contribution in [0.3, 0.4) is 0 Å². The van der Waals surface area contributed by atoms with Gasteiger partial charge in [-0.25, -0.2) is 9.97 Å². The second-order valence-corrected chi connectivity index (χ2v) is 2.94. The lowest BCUT2D eigenvalue weighted by Crippen LogP contribution is -1.88. The fourth-order valence-electron chi connectivity index (χ4n) is 1.09. The van der Waals surface area contributed by atoms with Crippen molar-refractivity contribution >= 4 is 22.5 Å². The molecule has 3 nitrogen and oxygen atoms in total. The third kappa shape index (κ3) is 1.55. The Labute approximate surface area is 80.3 Å². The van der Waals surface area contributed by atoms with Gasteiger partial charge in [-0.1, -0.05) is 11.6 Å². The van der Waals surface area contributed by atoms with Crippen LogP contribution in [0, 0.1) is 0 Å². The van der Waals surface area contributed by atoms with Gasteiger partial charge < -0.3 is 4.74 Å². The van der Waals surface area contributed by atoms with E-state index in [0.717, 1.165) is 10.9 Å². The molecule has 0 unspecified atom stereocenters. The molecule has 0 aliphatic carbocycles. The van der Waals surface area contributed by atoms with Gasteiger partial charge in [0.05, 0.1) is 18.8 Å². The first-order chi connectivity index (χ1) is 6.29. The number of aromatic nitrogens is 2. The lowest BCUT2D eigenvalue weighted by Gasteiger charge is -2.00. The first-order valence-electron chi connectivity index (χ1n) is 3.76. The van der Waals surface area contributed by atoms with Gasteiger partial charge in [0.15, 0.2) is 0 Å². The SMILES string of the molecule is COc1cc2ccc(Cl)nc2cn1. The Hall–Kier alpha value is -1.35. The Balaban J connectivity index is 2.66. The molecule has 4 heteroatoms. The smallest absolute Gasteiger partial charge is 0.213 e. The fourth-order valence-corrected chi connectivity index (χ4v) is 1.25. The van der Waals surface area contributed by atoms with Crippen LogP contribution in [0.4, 0.5) is 0 Å². The van der Waals surface area contributed by atoms with Crippen molar-refractivity contribution in [2.24, 2.45) is 0 Å². The molecular weight excluding hydrogens is 188 g/mol. The highest BCUT2D eigenvalue weighted by molar-refractivity contribution is 6.29. The fraction of sp³-hybridized carbons (Fsp3) is 0.111. The number of ether oxygens (including phenoxy) is 1. The van der Waals surface area contributed by atoms with Gasteiger partial charge in [-0.05, 0) is 12.1 Å². The summed E-state index contributed by atoms with van der Waals surface area (Å²) < 4.78 is 4.98. The van der Waals surface area contributed by atoms with Crippen molar-refractivity contribution in [2.45, 2.75) is 0 Å². The molecule has 2 heterocycles. The van der Waals surface area contributed by atoms with Crippen molar-refractivity contribution < 1.29 is 4.74 Å². The van der Waals surface area contributed by atoms with Crippen molar-refractivity contribution in [3.8, 4) is 5.88 Å². The third-order valence-corrected chi connectivity index (χ3v) is 1.94. The molecule has 2 aromatic heterocycles. The molecule has 0 bridgehead atoms. The zero-order chi connectivity index (χ0) is 9.26. The highest BCUT2D eigenvalue weighted by Gasteiger charge is 1.98. The van der Waals surface area contributed by atoms with E-state index in [1.54, 1.807) is 19.4 Å². The maximum atomic E-state index is 5.72. The summed E-state index contributed by atoms with van der Waals surface area (Å²) in [5.41, 5.74) is 0.772. The van der Waals surface area contributed by atoms with Crippen LogP contribution in [0.15, 0.2) is 24.4 Å². The van der Waals surface area contributed by atoms with E-state index in [4.69, 9.17) is 16.3 Å². The summed E-state index contributed by atoms with van der Waals surface area (Å²) in [7, 11) is 1.58. The average molecular weight is 195 g/mol. The first kappa shape index (κ1) is 8.26. The summed E-state index contributed by atoms with van der Waals surface area (Å²) in [6.45, 7) is 0. The predicted octanol–water partition coefficient (Wildman–Crippen LogP) is 2.29. The summed E-state index contributed by atoms with van der Waals surface area (Å²) in [6.07, 6.45) is 1.64. The normalized spacial score (nSPS) is 10.3. The minimum atomic E-state index is 0.472. The van der Waals surface area contributed by atoms with Gasteiger partial charge in [0.25, 0.3) is 0 Å². The summed E-state index contributed by atoms with van der Waals surface area (Å²) in [5, 5.41) is 1.44. The summed E-state index contributed by atoms with van der Waals surface area (Å²) in [6, 6.07) is 5.44. The molecule has 0 saturated heterocycles. The van der Waals surface area contributed by atoms with Crippen molar-refractivity contribution in [2.75, 3.05) is 7.11 Å². The number of hydrogen-bond acceptors (Lipinski definition) is 3. The van der Waals surface area contributed by atoms with E-state index < -0.39 is 0 Å². The highest BCUT2D eigenvalue weighted by atomic mass is 35.5. The molecule has 0 fully saturated rings. The van der Waals surface area contributed by atoms with Gasteiger partial charge >= 0.3 is 0 Å². The average Bonchev–Trinajstić information content (AvgIpc) is 2.17. The lowest BCUT2D eigenvalue weighted by molar-refractivity contribution is 0.398. The maximum absolute atomic E-state index is 5.72. The van der Waals surface area contributed by atoms with E-state index >= 15 is 0 Å².